The fraction of sp³-hybridized carbons (Fsp3) is 0.474. The molecule has 2 saturated heterocycles. The number of aliphatic hydroxyl groups is 1. The van der Waals surface area contributed by atoms with Crippen LogP contribution in [-0.4, -0.2) is 86.5 Å². The molecular formula is C38H48N8O4. The molecule has 1 amide bonds. The van der Waals surface area contributed by atoms with Crippen molar-refractivity contribution in [2.24, 2.45) is 7.05 Å². The van der Waals surface area contributed by atoms with E-state index in [2.05, 4.69) is 46.2 Å². The molecule has 264 valence electrons. The number of carbonyl (C=O) groups is 1. The second-order valence-corrected chi connectivity index (χ2v) is 13.7. The predicted molar refractivity (Wildman–Crippen MR) is 195 cm³/mol. The lowest BCUT2D eigenvalue weighted by molar-refractivity contribution is -0.0698. The molecule has 12 nitrogen and oxygen atoms in total. The van der Waals surface area contributed by atoms with Gasteiger partial charge in [-0.25, -0.2) is 9.97 Å². The van der Waals surface area contributed by atoms with Gasteiger partial charge in [-0.1, -0.05) is 26.7 Å². The normalized spacial score (nSPS) is 18.3. The molecule has 2 fully saturated rings. The summed E-state index contributed by atoms with van der Waals surface area (Å²) in [6.07, 6.45) is 12.8. The van der Waals surface area contributed by atoms with E-state index in [0.29, 0.717) is 64.9 Å². The summed E-state index contributed by atoms with van der Waals surface area (Å²) >= 11 is 0. The van der Waals surface area contributed by atoms with Gasteiger partial charge in [0.05, 0.1) is 37.7 Å². The van der Waals surface area contributed by atoms with Gasteiger partial charge >= 0.3 is 0 Å². The van der Waals surface area contributed by atoms with Gasteiger partial charge in [-0.2, -0.15) is 0 Å². The van der Waals surface area contributed by atoms with Crippen LogP contribution in [0.2, 0.25) is 0 Å². The zero-order chi connectivity index (χ0) is 34.8. The van der Waals surface area contributed by atoms with Crippen molar-refractivity contribution in [1.29, 1.82) is 0 Å². The number of aryl methyl sites for hydroxylation is 2. The molecule has 3 aliphatic rings. The Kier molecular flexibility index (Phi) is 10.0. The number of ether oxygens (including phenoxy) is 1. The maximum Gasteiger partial charge on any atom is 0.276 e. The number of unbranched alkanes of at least 4 members (excludes halogenated alkanes) is 2. The first-order chi connectivity index (χ1) is 24.4. The summed E-state index contributed by atoms with van der Waals surface area (Å²) in [7, 11) is 1.70. The molecule has 0 aliphatic carbocycles. The highest BCUT2D eigenvalue weighted by Crippen LogP contribution is 2.33. The third-order valence-electron chi connectivity index (χ3n) is 10.5. The monoisotopic (exact) mass is 680 g/mol. The molecule has 3 aliphatic heterocycles. The Bertz CT molecular complexity index is 1880. The third-order valence-corrected chi connectivity index (χ3v) is 10.5. The van der Waals surface area contributed by atoms with Crippen molar-refractivity contribution in [3.8, 4) is 11.1 Å². The van der Waals surface area contributed by atoms with Crippen LogP contribution in [0.1, 0.15) is 61.1 Å². The lowest BCUT2D eigenvalue weighted by atomic mass is 10.0. The first kappa shape index (κ1) is 34.0. The third kappa shape index (κ3) is 6.67. The Morgan fingerprint density at radius 3 is 2.58 bits per heavy atom. The zero-order valence-corrected chi connectivity index (χ0v) is 29.3. The van der Waals surface area contributed by atoms with Crippen molar-refractivity contribution in [2.75, 3.05) is 54.5 Å². The Morgan fingerprint density at radius 2 is 1.86 bits per heavy atom. The molecule has 4 aromatic heterocycles. The van der Waals surface area contributed by atoms with E-state index in [1.807, 2.05) is 29.0 Å². The number of aliphatic hydroxyl groups excluding tert-OH is 1. The number of rotatable bonds is 12. The summed E-state index contributed by atoms with van der Waals surface area (Å²) in [6.45, 7) is 9.80. The fourth-order valence-electron chi connectivity index (χ4n) is 7.49. The lowest BCUT2D eigenvalue weighted by Gasteiger charge is -2.47. The molecule has 1 atom stereocenters. The van der Waals surface area contributed by atoms with Crippen LogP contribution in [0.3, 0.4) is 0 Å². The Hall–Kier alpha value is -4.52. The molecule has 4 aromatic rings. The van der Waals surface area contributed by atoms with Crippen molar-refractivity contribution in [3.63, 3.8) is 0 Å². The van der Waals surface area contributed by atoms with Crippen molar-refractivity contribution in [2.45, 2.75) is 71.2 Å². The van der Waals surface area contributed by atoms with Crippen molar-refractivity contribution >= 4 is 28.9 Å². The molecular weight excluding hydrogens is 632 g/mol. The molecule has 50 heavy (non-hydrogen) atoms. The van der Waals surface area contributed by atoms with Gasteiger partial charge < -0.3 is 29.2 Å². The van der Waals surface area contributed by atoms with Gasteiger partial charge in [0.25, 0.3) is 11.5 Å². The average Bonchev–Trinajstić information content (AvgIpc) is 3.53. The topological polar surface area (TPSA) is 121 Å². The number of amides is 1. The molecule has 0 spiro atoms. The number of aromatic nitrogens is 4. The summed E-state index contributed by atoms with van der Waals surface area (Å²) < 4.78 is 8.97. The number of hydrogen-bond acceptors (Lipinski definition) is 9. The first-order valence-corrected chi connectivity index (χ1v) is 18.0. The molecule has 0 unspecified atom stereocenters. The number of carbonyl (C=O) groups excluding carboxylic acids is 1. The first-order valence-electron chi connectivity index (χ1n) is 18.0. The number of piperazine rings is 1. The van der Waals surface area contributed by atoms with Crippen LogP contribution in [0.25, 0.3) is 11.1 Å². The van der Waals surface area contributed by atoms with Crippen LogP contribution >= 0.6 is 0 Å². The van der Waals surface area contributed by atoms with E-state index in [1.165, 1.54) is 10.1 Å². The minimum atomic E-state index is -0.318. The van der Waals surface area contributed by atoms with Crippen molar-refractivity contribution in [1.82, 2.24) is 24.0 Å². The number of fused-ring (bicyclic) bond motifs is 1. The number of hydrogen-bond donors (Lipinski definition) is 2. The quantitative estimate of drug-likeness (QED) is 0.207. The minimum absolute atomic E-state index is 0.130. The second-order valence-electron chi connectivity index (χ2n) is 13.7. The van der Waals surface area contributed by atoms with E-state index in [9.17, 15) is 14.7 Å². The van der Waals surface area contributed by atoms with Gasteiger partial charge in [0.1, 0.15) is 23.0 Å². The molecule has 0 aromatic carbocycles. The van der Waals surface area contributed by atoms with E-state index in [0.717, 1.165) is 70.6 Å². The molecule has 2 N–H and O–H groups in total. The van der Waals surface area contributed by atoms with E-state index in [1.54, 1.807) is 30.4 Å². The highest BCUT2D eigenvalue weighted by atomic mass is 16.5. The van der Waals surface area contributed by atoms with Gasteiger partial charge in [0.2, 0.25) is 0 Å². The van der Waals surface area contributed by atoms with Gasteiger partial charge in [0, 0.05) is 75.5 Å². The highest BCUT2D eigenvalue weighted by Gasteiger charge is 2.34. The number of nitrogens with zero attached hydrogens (tertiary/aromatic N) is 7. The largest absolute Gasteiger partial charge is 0.392 e. The standard InChI is InChI=1S/C38H48N8O4/c1-4-6-7-8-26-17-34-38(49)46(16-14-44(34)20-26)36-32(23-47)31(11-12-39-36)27-18-33(37(48)42(3)21-27)41-35-10-9-29(19-40-35)45-15-13-43(22-28(45)5-2)30-24-50-25-30/h9-12,17-21,28,30,47H,4-8,13-16,22-25H2,1-3H3,(H,40,41)/t28-/m0/s1. The van der Waals surface area contributed by atoms with Crippen molar-refractivity contribution in [3.05, 3.63) is 82.3 Å². The Morgan fingerprint density at radius 1 is 1.00 bits per heavy atom. The molecule has 0 saturated carbocycles. The van der Waals surface area contributed by atoms with Crippen LogP contribution in [0.15, 0.2) is 59.9 Å². The average molecular weight is 681 g/mol. The molecule has 0 bridgehead atoms. The highest BCUT2D eigenvalue weighted by molar-refractivity contribution is 6.06. The SMILES string of the molecule is CCCCCc1cc2n(c1)CCN(c1nccc(-c3cc(Nc4ccc(N5CCN(C6COC6)C[C@@H]5CC)cn4)c(=O)n(C)c3)c1CO)C2=O. The van der Waals surface area contributed by atoms with Gasteiger partial charge in [-0.15, -0.1) is 0 Å². The molecule has 0 radical (unpaired) electrons. The van der Waals surface area contributed by atoms with E-state index < -0.39 is 0 Å². The van der Waals surface area contributed by atoms with E-state index in [-0.39, 0.29) is 18.1 Å². The predicted octanol–water partition coefficient (Wildman–Crippen LogP) is 4.57. The second kappa shape index (κ2) is 14.8. The smallest absolute Gasteiger partial charge is 0.276 e. The zero-order valence-electron chi connectivity index (χ0n) is 29.3. The van der Waals surface area contributed by atoms with Gasteiger partial charge in [-0.05, 0) is 60.7 Å². The number of pyridine rings is 3. The van der Waals surface area contributed by atoms with E-state index in [4.69, 9.17) is 9.72 Å². The fourth-order valence-corrected chi connectivity index (χ4v) is 7.49. The van der Waals surface area contributed by atoms with Crippen LogP contribution in [0, 0.1) is 0 Å². The Balaban J connectivity index is 1.11. The number of anilines is 4. The summed E-state index contributed by atoms with van der Waals surface area (Å²) in [5.41, 5.74) is 4.98. The van der Waals surface area contributed by atoms with Crippen LogP contribution in [-0.2, 0) is 31.4 Å². The van der Waals surface area contributed by atoms with Gasteiger partial charge in [0.15, 0.2) is 0 Å². The van der Waals surface area contributed by atoms with Crippen LogP contribution in [0.4, 0.5) is 23.0 Å². The van der Waals surface area contributed by atoms with Gasteiger partial charge in [-0.3, -0.25) is 19.4 Å². The maximum absolute atomic E-state index is 13.8. The summed E-state index contributed by atoms with van der Waals surface area (Å²) in [5.74, 6) is 0.868. The summed E-state index contributed by atoms with van der Waals surface area (Å²) in [6, 6.07) is 10.5. The van der Waals surface area contributed by atoms with E-state index >= 15 is 0 Å². The van der Waals surface area contributed by atoms with Crippen molar-refractivity contribution < 1.29 is 14.6 Å². The number of nitrogens with one attached hydrogen (secondary N) is 1. The molecule has 7 rings (SSSR count). The van der Waals surface area contributed by atoms with Crippen LogP contribution < -0.4 is 20.7 Å². The lowest BCUT2D eigenvalue weighted by Crippen LogP contribution is -2.60. The van der Waals surface area contributed by atoms with Crippen LogP contribution in [0.5, 0.6) is 0 Å². The summed E-state index contributed by atoms with van der Waals surface area (Å²) in [4.78, 5) is 43.0. The molecule has 7 heterocycles. The summed E-state index contributed by atoms with van der Waals surface area (Å²) in [5, 5.41) is 13.9. The molecule has 12 heteroatoms. The maximum atomic E-state index is 13.8. The Labute approximate surface area is 293 Å². The minimum Gasteiger partial charge on any atom is -0.392 e.